The summed E-state index contributed by atoms with van der Waals surface area (Å²) in [7, 11) is 1.53. The van der Waals surface area contributed by atoms with Gasteiger partial charge in [0.2, 0.25) is 0 Å². The number of hydrogen-bond acceptors (Lipinski definition) is 2. The van der Waals surface area contributed by atoms with Crippen molar-refractivity contribution in [2.45, 2.75) is 18.9 Å². The van der Waals surface area contributed by atoms with Crippen LogP contribution >= 0.6 is 11.6 Å². The number of hydrogen-bond donors (Lipinski definition) is 1. The van der Waals surface area contributed by atoms with Gasteiger partial charge in [-0.3, -0.25) is 0 Å². The molecule has 1 unspecified atom stereocenters. The van der Waals surface area contributed by atoms with Gasteiger partial charge >= 0.3 is 0 Å². The van der Waals surface area contributed by atoms with Crippen molar-refractivity contribution in [3.8, 4) is 0 Å². The highest BCUT2D eigenvalue weighted by molar-refractivity contribution is 6.31. The minimum Gasteiger partial charge on any atom is -0.391 e. The first-order valence-electron chi connectivity index (χ1n) is 4.75. The van der Waals surface area contributed by atoms with Gasteiger partial charge in [0.05, 0.1) is 17.7 Å². The van der Waals surface area contributed by atoms with Crippen LogP contribution in [0.3, 0.4) is 0 Å². The molecule has 1 aromatic rings. The van der Waals surface area contributed by atoms with Crippen molar-refractivity contribution in [1.82, 2.24) is 0 Å². The SMILES string of the molecule is COCC(O)CCc1cccc(F)c1Cl. The summed E-state index contributed by atoms with van der Waals surface area (Å²) in [5, 5.41) is 9.55. The molecule has 1 N–H and O–H groups in total. The lowest BCUT2D eigenvalue weighted by Gasteiger charge is -2.10. The molecule has 1 atom stereocenters. The summed E-state index contributed by atoms with van der Waals surface area (Å²) in [6.07, 6.45) is 0.521. The molecule has 1 aromatic carbocycles. The van der Waals surface area contributed by atoms with E-state index in [1.165, 1.54) is 13.2 Å². The standard InChI is InChI=1S/C11H14ClFO2/c1-15-7-9(14)6-5-8-3-2-4-10(13)11(8)12/h2-4,9,14H,5-7H2,1H3. The number of methoxy groups -OCH3 is 1. The van der Waals surface area contributed by atoms with Gasteiger partial charge in [-0.2, -0.15) is 0 Å². The van der Waals surface area contributed by atoms with Gasteiger partial charge in [-0.1, -0.05) is 23.7 Å². The minimum absolute atomic E-state index is 0.141. The number of benzene rings is 1. The first-order chi connectivity index (χ1) is 7.15. The van der Waals surface area contributed by atoms with Crippen molar-refractivity contribution in [3.63, 3.8) is 0 Å². The number of halogens is 2. The van der Waals surface area contributed by atoms with Crippen LogP contribution in [0.25, 0.3) is 0 Å². The summed E-state index contributed by atoms with van der Waals surface area (Å²) in [5.41, 5.74) is 0.715. The highest BCUT2D eigenvalue weighted by atomic mass is 35.5. The fraction of sp³-hybridized carbons (Fsp3) is 0.455. The molecule has 0 bridgehead atoms. The minimum atomic E-state index is -0.533. The second-order valence-electron chi connectivity index (χ2n) is 3.36. The Kier molecular flexibility index (Phi) is 5.02. The highest BCUT2D eigenvalue weighted by Gasteiger charge is 2.08. The monoisotopic (exact) mass is 232 g/mol. The first kappa shape index (κ1) is 12.4. The smallest absolute Gasteiger partial charge is 0.142 e. The summed E-state index contributed by atoms with van der Waals surface area (Å²) >= 11 is 5.77. The van der Waals surface area contributed by atoms with Crippen LogP contribution in [0, 0.1) is 5.82 Å². The van der Waals surface area contributed by atoms with Crippen LogP contribution in [0.5, 0.6) is 0 Å². The molecule has 1 rings (SSSR count). The van der Waals surface area contributed by atoms with E-state index in [1.54, 1.807) is 12.1 Å². The predicted octanol–water partition coefficient (Wildman–Crippen LogP) is 2.42. The average molecular weight is 233 g/mol. The molecule has 84 valence electrons. The molecule has 0 fully saturated rings. The van der Waals surface area contributed by atoms with Crippen molar-refractivity contribution in [1.29, 1.82) is 0 Å². The Bertz CT molecular complexity index is 317. The van der Waals surface area contributed by atoms with Crippen LogP contribution in [0.15, 0.2) is 18.2 Å². The van der Waals surface area contributed by atoms with E-state index in [4.69, 9.17) is 16.3 Å². The Labute approximate surface area is 93.6 Å². The van der Waals surface area contributed by atoms with Crippen molar-refractivity contribution in [2.24, 2.45) is 0 Å². The molecular formula is C11H14ClFO2. The van der Waals surface area contributed by atoms with Gasteiger partial charge in [-0.25, -0.2) is 4.39 Å². The molecule has 0 aliphatic heterocycles. The lowest BCUT2D eigenvalue weighted by Crippen LogP contribution is -2.14. The van der Waals surface area contributed by atoms with E-state index in [0.29, 0.717) is 18.4 Å². The molecule has 0 radical (unpaired) electrons. The molecule has 0 aliphatic rings. The van der Waals surface area contributed by atoms with Crippen LogP contribution in [-0.2, 0) is 11.2 Å². The van der Waals surface area contributed by atoms with Gasteiger partial charge in [0.1, 0.15) is 5.82 Å². The molecule has 0 heterocycles. The highest BCUT2D eigenvalue weighted by Crippen LogP contribution is 2.21. The third kappa shape index (κ3) is 3.78. The van der Waals surface area contributed by atoms with Gasteiger partial charge in [-0.15, -0.1) is 0 Å². The topological polar surface area (TPSA) is 29.5 Å². The molecule has 0 aliphatic carbocycles. The molecule has 15 heavy (non-hydrogen) atoms. The maximum Gasteiger partial charge on any atom is 0.142 e. The van der Waals surface area contributed by atoms with Crippen molar-refractivity contribution >= 4 is 11.6 Å². The van der Waals surface area contributed by atoms with Gasteiger partial charge < -0.3 is 9.84 Å². The number of ether oxygens (including phenoxy) is 1. The summed E-state index contributed by atoms with van der Waals surface area (Å²) in [5.74, 6) is -0.421. The quantitative estimate of drug-likeness (QED) is 0.845. The van der Waals surface area contributed by atoms with Crippen LogP contribution in [-0.4, -0.2) is 24.9 Å². The zero-order valence-electron chi connectivity index (χ0n) is 8.54. The molecule has 0 saturated carbocycles. The van der Waals surface area contributed by atoms with Crippen molar-refractivity contribution < 1.29 is 14.2 Å². The van der Waals surface area contributed by atoms with E-state index in [9.17, 15) is 9.50 Å². The summed E-state index contributed by atoms with van der Waals surface area (Å²) in [6, 6.07) is 4.68. The number of rotatable bonds is 5. The molecule has 0 amide bonds. The van der Waals surface area contributed by atoms with Crippen LogP contribution < -0.4 is 0 Å². The lowest BCUT2D eigenvalue weighted by atomic mass is 10.1. The Morgan fingerprint density at radius 2 is 2.27 bits per heavy atom. The molecular weight excluding hydrogens is 219 g/mol. The molecule has 0 saturated heterocycles. The maximum absolute atomic E-state index is 13.0. The summed E-state index contributed by atoms with van der Waals surface area (Å²) in [6.45, 7) is 0.285. The largest absolute Gasteiger partial charge is 0.391 e. The molecule has 4 heteroatoms. The Morgan fingerprint density at radius 1 is 1.53 bits per heavy atom. The predicted molar refractivity (Wildman–Crippen MR) is 57.6 cm³/mol. The second kappa shape index (κ2) is 6.05. The number of aliphatic hydroxyl groups is 1. The third-order valence-corrected chi connectivity index (χ3v) is 2.56. The Balaban J connectivity index is 2.54. The van der Waals surface area contributed by atoms with Crippen LogP contribution in [0.4, 0.5) is 4.39 Å². The van der Waals surface area contributed by atoms with E-state index in [0.717, 1.165) is 0 Å². The number of aryl methyl sites for hydroxylation is 1. The fourth-order valence-electron chi connectivity index (χ4n) is 1.34. The molecule has 2 nitrogen and oxygen atoms in total. The van der Waals surface area contributed by atoms with Crippen molar-refractivity contribution in [2.75, 3.05) is 13.7 Å². The maximum atomic E-state index is 13.0. The van der Waals surface area contributed by atoms with E-state index in [-0.39, 0.29) is 11.6 Å². The second-order valence-corrected chi connectivity index (χ2v) is 3.74. The lowest BCUT2D eigenvalue weighted by molar-refractivity contribution is 0.0595. The molecule has 0 spiro atoms. The van der Waals surface area contributed by atoms with E-state index < -0.39 is 11.9 Å². The Hall–Kier alpha value is -0.640. The third-order valence-electron chi connectivity index (χ3n) is 2.14. The Morgan fingerprint density at radius 3 is 2.93 bits per heavy atom. The first-order valence-corrected chi connectivity index (χ1v) is 5.13. The average Bonchev–Trinajstić information content (AvgIpc) is 2.21. The number of aliphatic hydroxyl groups excluding tert-OH is 1. The van der Waals surface area contributed by atoms with E-state index >= 15 is 0 Å². The van der Waals surface area contributed by atoms with Gasteiger partial charge in [0.15, 0.2) is 0 Å². The zero-order valence-corrected chi connectivity index (χ0v) is 9.30. The molecule has 0 aromatic heterocycles. The summed E-state index contributed by atoms with van der Waals surface area (Å²) in [4.78, 5) is 0. The van der Waals surface area contributed by atoms with Gasteiger partial charge in [0, 0.05) is 7.11 Å². The summed E-state index contributed by atoms with van der Waals surface area (Å²) < 4.78 is 17.8. The van der Waals surface area contributed by atoms with Gasteiger partial charge in [0.25, 0.3) is 0 Å². The van der Waals surface area contributed by atoms with Crippen LogP contribution in [0.2, 0.25) is 5.02 Å². The zero-order chi connectivity index (χ0) is 11.3. The van der Waals surface area contributed by atoms with Crippen molar-refractivity contribution in [3.05, 3.63) is 34.6 Å². The van der Waals surface area contributed by atoms with Gasteiger partial charge in [-0.05, 0) is 24.5 Å². The normalized spacial score (nSPS) is 12.8. The van der Waals surface area contributed by atoms with E-state index in [1.807, 2.05) is 0 Å². The van der Waals surface area contributed by atoms with Crippen LogP contribution in [0.1, 0.15) is 12.0 Å². The van der Waals surface area contributed by atoms with E-state index in [2.05, 4.69) is 0 Å². The fourth-order valence-corrected chi connectivity index (χ4v) is 1.56.